The SMILES string of the molecule is COC1CN(c2ccc(F)cc2C(C)O)CCC1C. The van der Waals surface area contributed by atoms with Crippen molar-refractivity contribution in [3.63, 3.8) is 0 Å². The molecule has 1 saturated heterocycles. The molecule has 106 valence electrons. The Kier molecular flexibility index (Phi) is 4.42. The summed E-state index contributed by atoms with van der Waals surface area (Å²) < 4.78 is 18.8. The second-order valence-corrected chi connectivity index (χ2v) is 5.37. The Bertz CT molecular complexity index is 436. The van der Waals surface area contributed by atoms with E-state index in [1.807, 2.05) is 0 Å². The van der Waals surface area contributed by atoms with E-state index >= 15 is 0 Å². The van der Waals surface area contributed by atoms with Crippen LogP contribution >= 0.6 is 0 Å². The molecule has 0 bridgehead atoms. The first-order valence-corrected chi connectivity index (χ1v) is 6.78. The number of aliphatic hydroxyl groups excluding tert-OH is 1. The summed E-state index contributed by atoms with van der Waals surface area (Å²) in [5.74, 6) is 0.213. The van der Waals surface area contributed by atoms with E-state index in [1.54, 1.807) is 20.1 Å². The molecule has 1 aromatic carbocycles. The molecule has 3 unspecified atom stereocenters. The number of piperidine rings is 1. The van der Waals surface area contributed by atoms with Crippen LogP contribution in [0, 0.1) is 11.7 Å². The highest BCUT2D eigenvalue weighted by Crippen LogP contribution is 2.31. The Morgan fingerprint density at radius 3 is 2.84 bits per heavy atom. The number of anilines is 1. The fraction of sp³-hybridized carbons (Fsp3) is 0.600. The zero-order valence-electron chi connectivity index (χ0n) is 11.8. The molecule has 2 rings (SSSR count). The van der Waals surface area contributed by atoms with E-state index in [-0.39, 0.29) is 11.9 Å². The minimum atomic E-state index is -0.675. The number of methoxy groups -OCH3 is 1. The van der Waals surface area contributed by atoms with Crippen LogP contribution in [0.3, 0.4) is 0 Å². The number of nitrogens with zero attached hydrogens (tertiary/aromatic N) is 1. The number of hydrogen-bond acceptors (Lipinski definition) is 3. The number of rotatable bonds is 3. The average molecular weight is 267 g/mol. The molecule has 0 aromatic heterocycles. The van der Waals surface area contributed by atoms with Crippen LogP contribution in [0.1, 0.15) is 31.9 Å². The summed E-state index contributed by atoms with van der Waals surface area (Å²) in [6, 6.07) is 4.61. The minimum absolute atomic E-state index is 0.181. The normalized spacial score (nSPS) is 25.4. The smallest absolute Gasteiger partial charge is 0.123 e. The third-order valence-corrected chi connectivity index (χ3v) is 3.97. The molecule has 4 heteroatoms. The van der Waals surface area contributed by atoms with Crippen molar-refractivity contribution in [3.8, 4) is 0 Å². The first-order chi connectivity index (χ1) is 9.02. The molecule has 1 heterocycles. The molecule has 1 aliphatic heterocycles. The molecule has 0 spiro atoms. The van der Waals surface area contributed by atoms with Crippen LogP contribution in [0.4, 0.5) is 10.1 Å². The van der Waals surface area contributed by atoms with Crippen molar-refractivity contribution in [2.75, 3.05) is 25.1 Å². The summed E-state index contributed by atoms with van der Waals surface area (Å²) in [7, 11) is 1.73. The van der Waals surface area contributed by atoms with E-state index in [0.29, 0.717) is 11.5 Å². The fourth-order valence-corrected chi connectivity index (χ4v) is 2.71. The third-order valence-electron chi connectivity index (χ3n) is 3.97. The third kappa shape index (κ3) is 3.07. The molecular formula is C15H22FNO2. The van der Waals surface area contributed by atoms with Crippen molar-refractivity contribution >= 4 is 5.69 Å². The van der Waals surface area contributed by atoms with Crippen molar-refractivity contribution < 1.29 is 14.2 Å². The second kappa shape index (κ2) is 5.88. The number of hydrogen-bond donors (Lipinski definition) is 1. The molecule has 3 atom stereocenters. The second-order valence-electron chi connectivity index (χ2n) is 5.37. The Hall–Kier alpha value is -1.13. The van der Waals surface area contributed by atoms with Gasteiger partial charge in [0, 0.05) is 31.5 Å². The van der Waals surface area contributed by atoms with Gasteiger partial charge >= 0.3 is 0 Å². The van der Waals surface area contributed by atoms with Gasteiger partial charge in [-0.15, -0.1) is 0 Å². The molecule has 0 amide bonds. The van der Waals surface area contributed by atoms with E-state index in [1.165, 1.54) is 12.1 Å². The number of ether oxygens (including phenoxy) is 1. The summed E-state index contributed by atoms with van der Waals surface area (Å²) >= 11 is 0. The summed E-state index contributed by atoms with van der Waals surface area (Å²) in [6.07, 6.45) is 0.543. The topological polar surface area (TPSA) is 32.7 Å². The van der Waals surface area contributed by atoms with E-state index in [2.05, 4.69) is 11.8 Å². The number of halogens is 1. The lowest BCUT2D eigenvalue weighted by molar-refractivity contribution is 0.0496. The van der Waals surface area contributed by atoms with Crippen LogP contribution in [-0.4, -0.2) is 31.4 Å². The molecule has 1 aliphatic rings. The highest BCUT2D eigenvalue weighted by molar-refractivity contribution is 5.55. The highest BCUT2D eigenvalue weighted by Gasteiger charge is 2.27. The maximum Gasteiger partial charge on any atom is 0.123 e. The molecule has 1 fully saturated rings. The molecule has 3 nitrogen and oxygen atoms in total. The number of benzene rings is 1. The first kappa shape index (κ1) is 14.3. The van der Waals surface area contributed by atoms with Gasteiger partial charge in [0.1, 0.15) is 5.82 Å². The zero-order chi connectivity index (χ0) is 14.0. The molecule has 1 aromatic rings. The first-order valence-electron chi connectivity index (χ1n) is 6.78. The molecular weight excluding hydrogens is 245 g/mol. The number of aliphatic hydroxyl groups is 1. The molecule has 0 radical (unpaired) electrons. The Morgan fingerprint density at radius 1 is 1.47 bits per heavy atom. The van der Waals surface area contributed by atoms with Crippen LogP contribution in [0.15, 0.2) is 18.2 Å². The summed E-state index contributed by atoms with van der Waals surface area (Å²) in [4.78, 5) is 2.18. The van der Waals surface area contributed by atoms with Gasteiger partial charge in [-0.05, 0) is 37.5 Å². The van der Waals surface area contributed by atoms with Crippen molar-refractivity contribution in [1.29, 1.82) is 0 Å². The van der Waals surface area contributed by atoms with Gasteiger partial charge in [0.2, 0.25) is 0 Å². The fourth-order valence-electron chi connectivity index (χ4n) is 2.71. The largest absolute Gasteiger partial charge is 0.389 e. The van der Waals surface area contributed by atoms with Gasteiger partial charge in [-0.3, -0.25) is 0 Å². The van der Waals surface area contributed by atoms with Crippen molar-refractivity contribution in [2.24, 2.45) is 5.92 Å². The Balaban J connectivity index is 2.26. The van der Waals surface area contributed by atoms with Crippen LogP contribution in [0.2, 0.25) is 0 Å². The lowest BCUT2D eigenvalue weighted by Crippen LogP contribution is -2.44. The predicted molar refractivity (Wildman–Crippen MR) is 73.8 cm³/mol. The monoisotopic (exact) mass is 267 g/mol. The van der Waals surface area contributed by atoms with Crippen LogP contribution in [-0.2, 0) is 4.74 Å². The Labute approximate surface area is 114 Å². The molecule has 1 N–H and O–H groups in total. The molecule has 19 heavy (non-hydrogen) atoms. The van der Waals surface area contributed by atoms with E-state index < -0.39 is 6.10 Å². The van der Waals surface area contributed by atoms with Crippen molar-refractivity contribution in [3.05, 3.63) is 29.6 Å². The Morgan fingerprint density at radius 2 is 2.21 bits per heavy atom. The quantitative estimate of drug-likeness (QED) is 0.914. The molecule has 0 saturated carbocycles. The van der Waals surface area contributed by atoms with Crippen molar-refractivity contribution in [1.82, 2.24) is 0 Å². The van der Waals surface area contributed by atoms with Gasteiger partial charge in [-0.25, -0.2) is 4.39 Å². The average Bonchev–Trinajstić information content (AvgIpc) is 2.39. The van der Waals surface area contributed by atoms with Crippen molar-refractivity contribution in [2.45, 2.75) is 32.5 Å². The van der Waals surface area contributed by atoms with E-state index in [4.69, 9.17) is 4.74 Å². The summed E-state index contributed by atoms with van der Waals surface area (Å²) in [5, 5.41) is 9.81. The van der Waals surface area contributed by atoms with Crippen LogP contribution < -0.4 is 4.90 Å². The van der Waals surface area contributed by atoms with E-state index in [0.717, 1.165) is 25.2 Å². The van der Waals surface area contributed by atoms with Gasteiger partial charge in [-0.1, -0.05) is 6.92 Å². The maximum absolute atomic E-state index is 13.3. The molecule has 0 aliphatic carbocycles. The van der Waals surface area contributed by atoms with Crippen LogP contribution in [0.5, 0.6) is 0 Å². The van der Waals surface area contributed by atoms with Gasteiger partial charge in [0.05, 0.1) is 12.2 Å². The highest BCUT2D eigenvalue weighted by atomic mass is 19.1. The predicted octanol–water partition coefficient (Wildman–Crippen LogP) is 2.74. The standard InChI is InChI=1S/C15H22FNO2/c1-10-6-7-17(9-15(10)19-3)14-5-4-12(16)8-13(14)11(2)18/h4-5,8,10-11,15,18H,6-7,9H2,1-3H3. The van der Waals surface area contributed by atoms with Gasteiger partial charge < -0.3 is 14.7 Å². The minimum Gasteiger partial charge on any atom is -0.389 e. The zero-order valence-corrected chi connectivity index (χ0v) is 11.8. The van der Waals surface area contributed by atoms with Gasteiger partial charge in [-0.2, -0.15) is 0 Å². The van der Waals surface area contributed by atoms with Gasteiger partial charge in [0.15, 0.2) is 0 Å². The summed E-state index contributed by atoms with van der Waals surface area (Å²) in [5.41, 5.74) is 1.55. The maximum atomic E-state index is 13.3. The van der Waals surface area contributed by atoms with Crippen LogP contribution in [0.25, 0.3) is 0 Å². The van der Waals surface area contributed by atoms with E-state index in [9.17, 15) is 9.50 Å². The lowest BCUT2D eigenvalue weighted by atomic mass is 9.94. The summed E-state index contributed by atoms with van der Waals surface area (Å²) in [6.45, 7) is 5.54. The van der Waals surface area contributed by atoms with Gasteiger partial charge in [0.25, 0.3) is 0 Å². The lowest BCUT2D eigenvalue weighted by Gasteiger charge is -2.38.